The molecule has 1 N–H and O–H groups in total. The Balaban J connectivity index is 2.00. The number of fused-ring (bicyclic) bond motifs is 1. The lowest BCUT2D eigenvalue weighted by Gasteiger charge is -2.22. The van der Waals surface area contributed by atoms with E-state index in [1.807, 2.05) is 0 Å². The molecule has 2 atom stereocenters. The highest BCUT2D eigenvalue weighted by Gasteiger charge is 2.31. The molecule has 0 aliphatic carbocycles. The maximum absolute atomic E-state index is 10.9. The van der Waals surface area contributed by atoms with Crippen LogP contribution in [-0.4, -0.2) is 35.1 Å². The zero-order chi connectivity index (χ0) is 9.26. The molecule has 2 saturated heterocycles. The van der Waals surface area contributed by atoms with E-state index in [9.17, 15) is 4.79 Å². The predicted molar refractivity (Wildman–Crippen MR) is 49.6 cm³/mol. The molecule has 2 fully saturated rings. The summed E-state index contributed by atoms with van der Waals surface area (Å²) in [5.41, 5.74) is 0. The lowest BCUT2D eigenvalue weighted by atomic mass is 10.0. The van der Waals surface area contributed by atoms with Crippen molar-refractivity contribution < 1.29 is 9.90 Å². The fourth-order valence-corrected chi connectivity index (χ4v) is 2.64. The number of aliphatic carboxylic acids is 1. The molecule has 0 bridgehead atoms. The van der Waals surface area contributed by atoms with Crippen LogP contribution in [0.15, 0.2) is 0 Å². The summed E-state index contributed by atoms with van der Waals surface area (Å²) in [6.07, 6.45) is 5.73. The van der Waals surface area contributed by atoms with E-state index >= 15 is 0 Å². The van der Waals surface area contributed by atoms with Crippen LogP contribution in [-0.2, 0) is 4.79 Å². The minimum Gasteiger partial charge on any atom is -0.481 e. The summed E-state index contributed by atoms with van der Waals surface area (Å²) in [7, 11) is 0. The Morgan fingerprint density at radius 1 is 1.23 bits per heavy atom. The van der Waals surface area contributed by atoms with Crippen molar-refractivity contribution in [3.8, 4) is 0 Å². The van der Waals surface area contributed by atoms with Gasteiger partial charge in [-0.2, -0.15) is 0 Å². The minimum absolute atomic E-state index is 0.108. The SMILES string of the molecule is O=C(O)C1CCCC2CCCN2C1. The number of carbonyl (C=O) groups is 1. The van der Waals surface area contributed by atoms with Crippen LogP contribution in [0.4, 0.5) is 0 Å². The second kappa shape index (κ2) is 3.66. The van der Waals surface area contributed by atoms with Gasteiger partial charge in [-0.25, -0.2) is 0 Å². The molecular weight excluding hydrogens is 166 g/mol. The van der Waals surface area contributed by atoms with E-state index in [1.54, 1.807) is 0 Å². The van der Waals surface area contributed by atoms with Gasteiger partial charge >= 0.3 is 5.97 Å². The van der Waals surface area contributed by atoms with Crippen molar-refractivity contribution >= 4 is 5.97 Å². The highest BCUT2D eigenvalue weighted by atomic mass is 16.4. The number of hydrogen-bond acceptors (Lipinski definition) is 2. The van der Waals surface area contributed by atoms with Crippen molar-refractivity contribution in [2.75, 3.05) is 13.1 Å². The van der Waals surface area contributed by atoms with E-state index in [4.69, 9.17) is 5.11 Å². The first-order valence-corrected chi connectivity index (χ1v) is 5.24. The fraction of sp³-hybridized carbons (Fsp3) is 0.900. The first-order valence-electron chi connectivity index (χ1n) is 5.24. The fourth-order valence-electron chi connectivity index (χ4n) is 2.64. The van der Waals surface area contributed by atoms with Gasteiger partial charge in [0.1, 0.15) is 0 Å². The summed E-state index contributed by atoms with van der Waals surface area (Å²) in [6, 6.07) is 0.698. The zero-order valence-corrected chi connectivity index (χ0v) is 7.91. The lowest BCUT2D eigenvalue weighted by Crippen LogP contribution is -2.34. The number of carboxylic acid groups (broad SMARTS) is 1. The Hall–Kier alpha value is -0.570. The molecule has 74 valence electrons. The van der Waals surface area contributed by atoms with Gasteiger partial charge in [0, 0.05) is 12.6 Å². The van der Waals surface area contributed by atoms with E-state index in [1.165, 1.54) is 19.3 Å². The van der Waals surface area contributed by atoms with Crippen LogP contribution < -0.4 is 0 Å². The molecule has 0 aromatic carbocycles. The van der Waals surface area contributed by atoms with Gasteiger partial charge in [-0.3, -0.25) is 9.69 Å². The van der Waals surface area contributed by atoms with Gasteiger partial charge in [-0.05, 0) is 32.2 Å². The molecule has 13 heavy (non-hydrogen) atoms. The van der Waals surface area contributed by atoms with Crippen LogP contribution in [0.2, 0.25) is 0 Å². The highest BCUT2D eigenvalue weighted by Crippen LogP contribution is 2.28. The van der Waals surface area contributed by atoms with E-state index in [0.29, 0.717) is 6.04 Å². The highest BCUT2D eigenvalue weighted by molar-refractivity contribution is 5.70. The minimum atomic E-state index is -0.604. The van der Waals surface area contributed by atoms with Crippen molar-refractivity contribution in [2.45, 2.75) is 38.1 Å². The Bertz CT molecular complexity index is 205. The molecule has 2 unspecified atom stereocenters. The molecule has 0 amide bonds. The third kappa shape index (κ3) is 1.85. The van der Waals surface area contributed by atoms with Crippen molar-refractivity contribution in [2.24, 2.45) is 5.92 Å². The molecule has 2 rings (SSSR count). The van der Waals surface area contributed by atoms with Gasteiger partial charge in [0.05, 0.1) is 5.92 Å². The predicted octanol–water partition coefficient (Wildman–Crippen LogP) is 1.34. The van der Waals surface area contributed by atoms with E-state index in [2.05, 4.69) is 4.90 Å². The number of rotatable bonds is 1. The first-order chi connectivity index (χ1) is 6.27. The number of hydrogen-bond donors (Lipinski definition) is 1. The normalized spacial score (nSPS) is 35.4. The van der Waals surface area contributed by atoms with Crippen LogP contribution >= 0.6 is 0 Å². The standard InChI is InChI=1S/C10H17NO2/c12-10(13)8-3-1-4-9-5-2-6-11(9)7-8/h8-9H,1-7H2,(H,12,13). The first kappa shape index (κ1) is 9.00. The maximum Gasteiger partial charge on any atom is 0.307 e. The van der Waals surface area contributed by atoms with Crippen LogP contribution in [0.1, 0.15) is 32.1 Å². The van der Waals surface area contributed by atoms with Gasteiger partial charge in [-0.15, -0.1) is 0 Å². The van der Waals surface area contributed by atoms with Crippen LogP contribution in [0.5, 0.6) is 0 Å². The second-order valence-electron chi connectivity index (χ2n) is 4.26. The third-order valence-corrected chi connectivity index (χ3v) is 3.39. The molecule has 0 aromatic rings. The van der Waals surface area contributed by atoms with Gasteiger partial charge in [0.15, 0.2) is 0 Å². The summed E-state index contributed by atoms with van der Waals surface area (Å²) >= 11 is 0. The van der Waals surface area contributed by atoms with E-state index in [0.717, 1.165) is 25.9 Å². The number of carboxylic acids is 1. The largest absolute Gasteiger partial charge is 0.481 e. The van der Waals surface area contributed by atoms with Crippen molar-refractivity contribution in [3.63, 3.8) is 0 Å². The van der Waals surface area contributed by atoms with E-state index in [-0.39, 0.29) is 5.92 Å². The Kier molecular flexibility index (Phi) is 2.54. The Labute approximate surface area is 78.7 Å². The van der Waals surface area contributed by atoms with Gasteiger partial charge in [0.25, 0.3) is 0 Å². The second-order valence-corrected chi connectivity index (χ2v) is 4.26. The summed E-state index contributed by atoms with van der Waals surface area (Å²) in [5.74, 6) is -0.712. The third-order valence-electron chi connectivity index (χ3n) is 3.39. The average molecular weight is 183 g/mol. The van der Waals surface area contributed by atoms with Crippen molar-refractivity contribution in [1.29, 1.82) is 0 Å². The molecule has 2 aliphatic heterocycles. The van der Waals surface area contributed by atoms with Crippen molar-refractivity contribution in [3.05, 3.63) is 0 Å². The van der Waals surface area contributed by atoms with Gasteiger partial charge < -0.3 is 5.11 Å². The Morgan fingerprint density at radius 3 is 2.77 bits per heavy atom. The van der Waals surface area contributed by atoms with Crippen LogP contribution in [0.25, 0.3) is 0 Å². The molecule has 3 nitrogen and oxygen atoms in total. The molecule has 0 spiro atoms. The average Bonchev–Trinajstić information content (AvgIpc) is 2.42. The molecule has 0 saturated carbocycles. The smallest absolute Gasteiger partial charge is 0.307 e. The van der Waals surface area contributed by atoms with Crippen molar-refractivity contribution in [1.82, 2.24) is 4.90 Å². The molecule has 2 aliphatic rings. The summed E-state index contributed by atoms with van der Waals surface area (Å²) in [5, 5.41) is 8.96. The molecular formula is C10H17NO2. The van der Waals surface area contributed by atoms with Crippen LogP contribution in [0.3, 0.4) is 0 Å². The molecule has 2 heterocycles. The molecule has 0 radical (unpaired) electrons. The topological polar surface area (TPSA) is 40.5 Å². The monoisotopic (exact) mass is 183 g/mol. The van der Waals surface area contributed by atoms with Crippen LogP contribution in [0, 0.1) is 5.92 Å². The number of nitrogens with zero attached hydrogens (tertiary/aromatic N) is 1. The zero-order valence-electron chi connectivity index (χ0n) is 7.91. The summed E-state index contributed by atoms with van der Waals surface area (Å²) < 4.78 is 0. The van der Waals surface area contributed by atoms with Gasteiger partial charge in [-0.1, -0.05) is 6.42 Å². The Morgan fingerprint density at radius 2 is 2.00 bits per heavy atom. The summed E-state index contributed by atoms with van der Waals surface area (Å²) in [4.78, 5) is 13.2. The van der Waals surface area contributed by atoms with E-state index < -0.39 is 5.97 Å². The summed E-state index contributed by atoms with van der Waals surface area (Å²) in [6.45, 7) is 1.91. The molecule has 3 heteroatoms. The van der Waals surface area contributed by atoms with Gasteiger partial charge in [0.2, 0.25) is 0 Å². The maximum atomic E-state index is 10.9. The molecule has 0 aromatic heterocycles. The quantitative estimate of drug-likeness (QED) is 0.666. The lowest BCUT2D eigenvalue weighted by molar-refractivity contribution is -0.142.